The molecule has 0 fully saturated rings. The van der Waals surface area contributed by atoms with Gasteiger partial charge in [-0.2, -0.15) is 0 Å². The van der Waals surface area contributed by atoms with Crippen molar-refractivity contribution in [3.8, 4) is 11.1 Å². The van der Waals surface area contributed by atoms with Gasteiger partial charge in [0.15, 0.2) is 0 Å². The van der Waals surface area contributed by atoms with Crippen molar-refractivity contribution in [2.24, 2.45) is 0 Å². The number of ether oxygens (including phenoxy) is 2. The first-order chi connectivity index (χ1) is 14.4. The molecule has 0 spiro atoms. The van der Waals surface area contributed by atoms with Crippen molar-refractivity contribution in [3.63, 3.8) is 0 Å². The summed E-state index contributed by atoms with van der Waals surface area (Å²) in [5, 5.41) is 30.0. The van der Waals surface area contributed by atoms with Crippen LogP contribution in [0.3, 0.4) is 0 Å². The number of nitro benzene ring substituents is 1. The number of hydrogen-bond acceptors (Lipinski definition) is 9. The average molecular weight is 421 g/mol. The van der Waals surface area contributed by atoms with E-state index in [4.69, 9.17) is 14.6 Å². The number of carbonyl (C=O) groups excluding carboxylic acids is 1. The third kappa shape index (κ3) is 7.18. The van der Waals surface area contributed by atoms with Crippen LogP contribution < -0.4 is 0 Å². The largest absolute Gasteiger partial charge is 0.460 e. The fourth-order valence-electron chi connectivity index (χ4n) is 2.34. The van der Waals surface area contributed by atoms with Gasteiger partial charge in [-0.1, -0.05) is 19.1 Å². The highest BCUT2D eigenvalue weighted by molar-refractivity contribution is 5.99. The fourth-order valence-corrected chi connectivity index (χ4v) is 2.34. The minimum Gasteiger partial charge on any atom is -0.460 e. The number of aliphatic hydroxyl groups is 1. The topological polar surface area (TPSA) is 155 Å². The van der Waals surface area contributed by atoms with Crippen molar-refractivity contribution in [3.05, 3.63) is 62.5 Å². The van der Waals surface area contributed by atoms with Crippen molar-refractivity contribution in [1.29, 1.82) is 0 Å². The van der Waals surface area contributed by atoms with Gasteiger partial charge in [0.05, 0.1) is 27.6 Å². The van der Waals surface area contributed by atoms with Crippen molar-refractivity contribution < 1.29 is 29.2 Å². The van der Waals surface area contributed by atoms with Crippen molar-refractivity contribution in [2.75, 3.05) is 26.4 Å². The number of aliphatic hydroxyl groups excluding tert-OH is 1. The predicted molar refractivity (Wildman–Crippen MR) is 107 cm³/mol. The Morgan fingerprint density at radius 1 is 1.10 bits per heavy atom. The van der Waals surface area contributed by atoms with E-state index in [1.807, 2.05) is 6.92 Å². The lowest BCUT2D eigenvalue weighted by Crippen LogP contribution is -2.13. The molecule has 1 aromatic heterocycles. The lowest BCUT2D eigenvalue weighted by molar-refractivity contribution is -0.385. The minimum absolute atomic E-state index is 0.0318. The summed E-state index contributed by atoms with van der Waals surface area (Å²) in [7, 11) is 0. The number of nitro groups is 2. The van der Waals surface area contributed by atoms with Crippen LogP contribution in [0.5, 0.6) is 0 Å². The van der Waals surface area contributed by atoms with E-state index in [1.54, 1.807) is 6.92 Å². The Morgan fingerprint density at radius 3 is 2.40 bits per heavy atom. The highest BCUT2D eigenvalue weighted by Crippen LogP contribution is 2.34. The molecule has 0 amide bonds. The molecule has 1 heterocycles. The third-order valence-electron chi connectivity index (χ3n) is 3.50. The summed E-state index contributed by atoms with van der Waals surface area (Å²) >= 11 is 0. The normalized spacial score (nSPS) is 9.97. The molecule has 0 radical (unpaired) electrons. The summed E-state index contributed by atoms with van der Waals surface area (Å²) in [5.41, 5.74) is -0.802. The molecule has 0 aliphatic carbocycles. The highest BCUT2D eigenvalue weighted by Gasteiger charge is 2.26. The molecule has 0 saturated carbocycles. The highest BCUT2D eigenvalue weighted by atomic mass is 16.6. The van der Waals surface area contributed by atoms with Gasteiger partial charge in [0.2, 0.25) is 0 Å². The van der Waals surface area contributed by atoms with Crippen LogP contribution in [0.1, 0.15) is 30.6 Å². The zero-order valence-corrected chi connectivity index (χ0v) is 16.6. The summed E-state index contributed by atoms with van der Waals surface area (Å²) in [6.45, 7) is 4.55. The Labute approximate surface area is 172 Å². The van der Waals surface area contributed by atoms with Gasteiger partial charge < -0.3 is 14.6 Å². The lowest BCUT2D eigenvalue weighted by atomic mass is 9.99. The van der Waals surface area contributed by atoms with E-state index in [0.717, 1.165) is 24.9 Å². The van der Waals surface area contributed by atoms with E-state index in [9.17, 15) is 25.0 Å². The smallest absolute Gasteiger partial charge is 0.340 e. The number of carbonyl (C=O) groups is 1. The van der Waals surface area contributed by atoms with Gasteiger partial charge in [0.25, 0.3) is 11.4 Å². The fraction of sp³-hybridized carbons (Fsp3) is 0.368. The zero-order valence-electron chi connectivity index (χ0n) is 16.6. The van der Waals surface area contributed by atoms with Gasteiger partial charge >= 0.3 is 5.97 Å². The van der Waals surface area contributed by atoms with Crippen LogP contribution in [0.2, 0.25) is 0 Å². The molecule has 1 N–H and O–H groups in total. The Bertz CT molecular complexity index is 873. The van der Waals surface area contributed by atoms with E-state index >= 15 is 0 Å². The van der Waals surface area contributed by atoms with Gasteiger partial charge in [0, 0.05) is 31.5 Å². The summed E-state index contributed by atoms with van der Waals surface area (Å²) in [4.78, 5) is 37.2. The molecule has 162 valence electrons. The molecular weight excluding hydrogens is 398 g/mol. The van der Waals surface area contributed by atoms with E-state index in [0.29, 0.717) is 6.61 Å². The molecule has 0 saturated heterocycles. The standard InChI is InChI=1S/C17H17N3O7.C2H6O/c1-2-6-26-7-8-27-17(21)14-10-18-11-15(20(24)25)16(14)12-4-3-5-13(9-12)19(22)23;1-2-3/h3-5,9-11H,2,6-8H2,1H3;3H,2H2,1H3. The first-order valence-corrected chi connectivity index (χ1v) is 9.10. The maximum atomic E-state index is 12.4. The van der Waals surface area contributed by atoms with Crippen LogP contribution in [-0.2, 0) is 9.47 Å². The molecule has 2 rings (SSSR count). The van der Waals surface area contributed by atoms with Crippen LogP contribution in [0.15, 0.2) is 36.7 Å². The second-order valence-corrected chi connectivity index (χ2v) is 5.71. The first kappa shape index (κ1) is 24.6. The maximum Gasteiger partial charge on any atom is 0.340 e. The van der Waals surface area contributed by atoms with Gasteiger partial charge in [-0.25, -0.2) is 4.79 Å². The number of esters is 1. The van der Waals surface area contributed by atoms with E-state index < -0.39 is 21.5 Å². The molecule has 0 aliphatic rings. The quantitative estimate of drug-likeness (QED) is 0.278. The zero-order chi connectivity index (χ0) is 22.5. The minimum atomic E-state index is -0.826. The van der Waals surface area contributed by atoms with Gasteiger partial charge in [-0.15, -0.1) is 0 Å². The van der Waals surface area contributed by atoms with Crippen LogP contribution in [0.25, 0.3) is 11.1 Å². The molecule has 0 atom stereocenters. The Hall–Kier alpha value is -3.44. The van der Waals surface area contributed by atoms with Gasteiger partial charge in [-0.05, 0) is 18.9 Å². The van der Waals surface area contributed by atoms with Crippen LogP contribution in [0.4, 0.5) is 11.4 Å². The number of aromatic nitrogens is 1. The second-order valence-electron chi connectivity index (χ2n) is 5.71. The number of pyridine rings is 1. The maximum absolute atomic E-state index is 12.4. The number of nitrogens with zero attached hydrogens (tertiary/aromatic N) is 3. The molecule has 2 aromatic rings. The summed E-state index contributed by atoms with van der Waals surface area (Å²) in [6, 6.07) is 5.23. The Kier molecular flexibility index (Phi) is 10.6. The molecule has 11 heteroatoms. The second kappa shape index (κ2) is 12.9. The van der Waals surface area contributed by atoms with Crippen molar-refractivity contribution in [1.82, 2.24) is 4.98 Å². The van der Waals surface area contributed by atoms with Crippen molar-refractivity contribution >= 4 is 17.3 Å². The summed E-state index contributed by atoms with van der Waals surface area (Å²) < 4.78 is 10.3. The summed E-state index contributed by atoms with van der Waals surface area (Å²) in [6.07, 6.45) is 2.94. The summed E-state index contributed by atoms with van der Waals surface area (Å²) in [5.74, 6) is -0.826. The Balaban J connectivity index is 0.00000141. The number of benzene rings is 1. The third-order valence-corrected chi connectivity index (χ3v) is 3.50. The Morgan fingerprint density at radius 2 is 1.80 bits per heavy atom. The average Bonchev–Trinajstić information content (AvgIpc) is 2.73. The number of non-ortho nitro benzene ring substituents is 1. The van der Waals surface area contributed by atoms with Crippen LogP contribution in [-0.4, -0.2) is 52.3 Å². The van der Waals surface area contributed by atoms with E-state index in [1.165, 1.54) is 18.2 Å². The van der Waals surface area contributed by atoms with Gasteiger partial charge in [-0.3, -0.25) is 25.2 Å². The van der Waals surface area contributed by atoms with E-state index in [2.05, 4.69) is 4.98 Å². The molecule has 0 aliphatic heterocycles. The molecule has 30 heavy (non-hydrogen) atoms. The lowest BCUT2D eigenvalue weighted by Gasteiger charge is -2.10. The van der Waals surface area contributed by atoms with Gasteiger partial charge in [0.1, 0.15) is 12.8 Å². The first-order valence-electron chi connectivity index (χ1n) is 9.10. The number of rotatable bonds is 9. The number of hydrogen-bond donors (Lipinski definition) is 1. The molecule has 11 nitrogen and oxygen atoms in total. The molecular formula is C19H23N3O8. The monoisotopic (exact) mass is 421 g/mol. The molecule has 0 unspecified atom stereocenters. The molecule has 1 aromatic carbocycles. The predicted octanol–water partition coefficient (Wildman–Crippen LogP) is 3.15. The van der Waals surface area contributed by atoms with Crippen LogP contribution >= 0.6 is 0 Å². The molecule has 0 bridgehead atoms. The van der Waals surface area contributed by atoms with Crippen LogP contribution in [0, 0.1) is 20.2 Å². The van der Waals surface area contributed by atoms with Crippen molar-refractivity contribution in [2.45, 2.75) is 20.3 Å². The SMILES string of the molecule is CCCOCCOC(=O)c1cncc([N+](=O)[O-])c1-c1cccc([N+](=O)[O-])c1.CCO. The van der Waals surface area contributed by atoms with E-state index in [-0.39, 0.29) is 42.2 Å².